The highest BCUT2D eigenvalue weighted by atomic mass is 32.1. The molecule has 144 valence electrons. The van der Waals surface area contributed by atoms with Crippen molar-refractivity contribution in [2.45, 2.75) is 32.7 Å². The predicted octanol–water partition coefficient (Wildman–Crippen LogP) is 4.77. The third kappa shape index (κ3) is 5.36. The maximum atomic E-state index is 12.9. The Morgan fingerprint density at radius 1 is 1.00 bits per heavy atom. The number of ketones is 1. The van der Waals surface area contributed by atoms with Gasteiger partial charge in [0.05, 0.1) is 18.2 Å². The van der Waals surface area contributed by atoms with Gasteiger partial charge in [-0.2, -0.15) is 0 Å². The van der Waals surface area contributed by atoms with Crippen LogP contribution in [0.3, 0.4) is 0 Å². The van der Waals surface area contributed by atoms with Crippen LogP contribution in [0.2, 0.25) is 0 Å². The number of aromatic nitrogens is 1. The van der Waals surface area contributed by atoms with Crippen LogP contribution in [0.5, 0.6) is 0 Å². The summed E-state index contributed by atoms with van der Waals surface area (Å²) in [5.41, 5.74) is 2.47. The van der Waals surface area contributed by atoms with Gasteiger partial charge in [-0.15, -0.1) is 11.3 Å². The van der Waals surface area contributed by atoms with E-state index in [2.05, 4.69) is 10.3 Å². The molecule has 28 heavy (non-hydrogen) atoms. The fourth-order valence-corrected chi connectivity index (χ4v) is 3.79. The van der Waals surface area contributed by atoms with E-state index in [-0.39, 0.29) is 18.1 Å². The molecule has 0 fully saturated rings. The first-order valence-electron chi connectivity index (χ1n) is 9.41. The van der Waals surface area contributed by atoms with E-state index in [1.165, 1.54) is 11.3 Å². The van der Waals surface area contributed by atoms with Crippen molar-refractivity contribution >= 4 is 23.0 Å². The van der Waals surface area contributed by atoms with Gasteiger partial charge in [-0.25, -0.2) is 4.98 Å². The minimum Gasteiger partial charge on any atom is -0.342 e. The highest BCUT2D eigenvalue weighted by Crippen LogP contribution is 2.22. The highest BCUT2D eigenvalue weighted by Gasteiger charge is 2.23. The summed E-state index contributed by atoms with van der Waals surface area (Å²) < 4.78 is 0. The Labute approximate surface area is 169 Å². The number of hydrogen-bond donors (Lipinski definition) is 1. The van der Waals surface area contributed by atoms with Crippen LogP contribution in [0.1, 0.15) is 35.6 Å². The molecule has 2 aromatic carbocycles. The Kier molecular flexibility index (Phi) is 6.71. The summed E-state index contributed by atoms with van der Waals surface area (Å²) in [6.07, 6.45) is 0.832. The van der Waals surface area contributed by atoms with E-state index in [4.69, 9.17) is 0 Å². The van der Waals surface area contributed by atoms with Crippen LogP contribution in [-0.2, 0) is 11.2 Å². The SMILES string of the molecule is CC(C)C[C@H](NC(=O)c1ccccc1)C(=O)Cc1nc(-c2ccccc2)cs1. The number of nitrogens with one attached hydrogen (secondary N) is 1. The van der Waals surface area contributed by atoms with E-state index in [0.717, 1.165) is 16.3 Å². The number of Topliss-reactive ketones (excluding diaryl/α,β-unsaturated/α-hetero) is 1. The van der Waals surface area contributed by atoms with Gasteiger partial charge in [0.15, 0.2) is 5.78 Å². The molecule has 4 nitrogen and oxygen atoms in total. The average molecular weight is 393 g/mol. The fraction of sp³-hybridized carbons (Fsp3) is 0.261. The largest absolute Gasteiger partial charge is 0.342 e. The van der Waals surface area contributed by atoms with Crippen molar-refractivity contribution in [1.82, 2.24) is 10.3 Å². The van der Waals surface area contributed by atoms with Crippen molar-refractivity contribution in [1.29, 1.82) is 0 Å². The van der Waals surface area contributed by atoms with Gasteiger partial charge >= 0.3 is 0 Å². The van der Waals surface area contributed by atoms with Crippen LogP contribution >= 0.6 is 11.3 Å². The molecule has 0 radical (unpaired) electrons. The molecule has 0 spiro atoms. The van der Waals surface area contributed by atoms with Crippen LogP contribution in [0.15, 0.2) is 66.0 Å². The number of amides is 1. The number of hydrogen-bond acceptors (Lipinski definition) is 4. The number of benzene rings is 2. The van der Waals surface area contributed by atoms with Crippen LogP contribution in [0.4, 0.5) is 0 Å². The Morgan fingerprint density at radius 3 is 2.29 bits per heavy atom. The Morgan fingerprint density at radius 2 is 1.64 bits per heavy atom. The highest BCUT2D eigenvalue weighted by molar-refractivity contribution is 7.10. The van der Waals surface area contributed by atoms with Crippen LogP contribution in [0.25, 0.3) is 11.3 Å². The van der Waals surface area contributed by atoms with Gasteiger partial charge in [-0.1, -0.05) is 62.4 Å². The zero-order valence-corrected chi connectivity index (χ0v) is 16.9. The van der Waals surface area contributed by atoms with Gasteiger partial charge in [0.2, 0.25) is 0 Å². The second-order valence-electron chi connectivity index (χ2n) is 7.16. The van der Waals surface area contributed by atoms with Crippen molar-refractivity contribution in [2.75, 3.05) is 0 Å². The maximum absolute atomic E-state index is 12.9. The van der Waals surface area contributed by atoms with Crippen molar-refractivity contribution in [3.63, 3.8) is 0 Å². The number of carbonyl (C=O) groups is 2. The maximum Gasteiger partial charge on any atom is 0.251 e. The molecule has 1 heterocycles. The van der Waals surface area contributed by atoms with Crippen molar-refractivity contribution in [3.05, 3.63) is 76.6 Å². The molecule has 0 aliphatic heterocycles. The summed E-state index contributed by atoms with van der Waals surface area (Å²) >= 11 is 1.48. The van der Waals surface area contributed by atoms with Gasteiger partial charge < -0.3 is 5.32 Å². The molecule has 1 aromatic heterocycles. The first kappa shape index (κ1) is 20.0. The van der Waals surface area contributed by atoms with E-state index in [1.807, 2.05) is 67.8 Å². The zero-order valence-electron chi connectivity index (χ0n) is 16.1. The Balaban J connectivity index is 1.70. The molecule has 0 aliphatic carbocycles. The van der Waals surface area contributed by atoms with Gasteiger partial charge in [0.25, 0.3) is 5.91 Å². The lowest BCUT2D eigenvalue weighted by molar-refractivity contribution is -0.120. The fourth-order valence-electron chi connectivity index (χ4n) is 2.98. The summed E-state index contributed by atoms with van der Waals surface area (Å²) in [6.45, 7) is 4.09. The number of carbonyl (C=O) groups excluding carboxylic acids is 2. The molecule has 3 rings (SSSR count). The minimum atomic E-state index is -0.517. The van der Waals surface area contributed by atoms with Crippen LogP contribution < -0.4 is 5.32 Å². The molecule has 0 saturated carbocycles. The van der Waals surface area contributed by atoms with E-state index >= 15 is 0 Å². The van der Waals surface area contributed by atoms with E-state index in [9.17, 15) is 9.59 Å². The molecule has 1 amide bonds. The second-order valence-corrected chi connectivity index (χ2v) is 8.10. The van der Waals surface area contributed by atoms with E-state index in [1.54, 1.807) is 12.1 Å². The van der Waals surface area contributed by atoms with Crippen LogP contribution in [-0.4, -0.2) is 22.7 Å². The van der Waals surface area contributed by atoms with Crippen molar-refractivity contribution < 1.29 is 9.59 Å². The second kappa shape index (κ2) is 9.42. The third-order valence-corrected chi connectivity index (χ3v) is 5.23. The zero-order chi connectivity index (χ0) is 19.9. The minimum absolute atomic E-state index is 0.00746. The lowest BCUT2D eigenvalue weighted by Crippen LogP contribution is -2.42. The molecule has 0 saturated heterocycles. The number of nitrogens with zero attached hydrogens (tertiary/aromatic N) is 1. The first-order valence-corrected chi connectivity index (χ1v) is 10.3. The normalized spacial score (nSPS) is 12.0. The summed E-state index contributed by atoms with van der Waals surface area (Å²) in [5.74, 6) is 0.0665. The Hall–Kier alpha value is -2.79. The summed E-state index contributed by atoms with van der Waals surface area (Å²) in [4.78, 5) is 30.0. The van der Waals surface area contributed by atoms with Gasteiger partial charge in [0, 0.05) is 16.5 Å². The molecule has 0 unspecified atom stereocenters. The average Bonchev–Trinajstić information content (AvgIpc) is 3.17. The first-order chi connectivity index (χ1) is 13.5. The molecule has 5 heteroatoms. The van der Waals surface area contributed by atoms with Gasteiger partial charge in [-0.05, 0) is 24.5 Å². The molecule has 3 aromatic rings. The lowest BCUT2D eigenvalue weighted by Gasteiger charge is -2.19. The Bertz CT molecular complexity index is 920. The predicted molar refractivity (Wildman–Crippen MR) is 113 cm³/mol. The number of thiazole rings is 1. The molecular weight excluding hydrogens is 368 g/mol. The lowest BCUT2D eigenvalue weighted by atomic mass is 9.98. The van der Waals surface area contributed by atoms with Gasteiger partial charge in [0.1, 0.15) is 5.01 Å². The quantitative estimate of drug-likeness (QED) is 0.601. The summed E-state index contributed by atoms with van der Waals surface area (Å²) in [7, 11) is 0. The summed E-state index contributed by atoms with van der Waals surface area (Å²) in [5, 5.41) is 5.65. The molecule has 0 bridgehead atoms. The van der Waals surface area contributed by atoms with E-state index in [0.29, 0.717) is 17.9 Å². The van der Waals surface area contributed by atoms with Crippen LogP contribution in [0, 0.1) is 5.92 Å². The topological polar surface area (TPSA) is 59.1 Å². The van der Waals surface area contributed by atoms with E-state index < -0.39 is 6.04 Å². The number of rotatable bonds is 8. The molecule has 0 aliphatic rings. The van der Waals surface area contributed by atoms with Crippen molar-refractivity contribution in [2.24, 2.45) is 5.92 Å². The monoisotopic (exact) mass is 392 g/mol. The molecule has 1 N–H and O–H groups in total. The summed E-state index contributed by atoms with van der Waals surface area (Å²) in [6, 6.07) is 18.4. The molecular formula is C23H24N2O2S. The third-order valence-electron chi connectivity index (χ3n) is 4.38. The van der Waals surface area contributed by atoms with Gasteiger partial charge in [-0.3, -0.25) is 9.59 Å². The molecule has 1 atom stereocenters. The van der Waals surface area contributed by atoms with Crippen molar-refractivity contribution in [3.8, 4) is 11.3 Å². The standard InChI is InChI=1S/C23H24N2O2S/c1-16(2)13-19(25-23(27)18-11-7-4-8-12-18)21(26)14-22-24-20(15-28-22)17-9-5-3-6-10-17/h3-12,15-16,19H,13-14H2,1-2H3,(H,25,27)/t19-/m0/s1. The smallest absolute Gasteiger partial charge is 0.251 e.